The Kier molecular flexibility index (Phi) is 4.26. The number of carboxylic acid groups (broad SMARTS) is 2. The number of para-hydroxylation sites is 1. The van der Waals surface area contributed by atoms with E-state index in [-0.39, 0.29) is 28.2 Å². The molecule has 120 valence electrons. The Bertz CT molecular complexity index is 765. The number of nitrogens with zero attached hydrogens (tertiary/aromatic N) is 2. The smallest absolute Gasteiger partial charge is 0.334 e. The van der Waals surface area contributed by atoms with E-state index in [4.69, 9.17) is 0 Å². The molecule has 1 aromatic rings. The summed E-state index contributed by atoms with van der Waals surface area (Å²) in [6.45, 7) is 2.93. The van der Waals surface area contributed by atoms with Gasteiger partial charge in [-0.2, -0.15) is 0 Å². The number of carbonyl (C=O) groups is 2. The van der Waals surface area contributed by atoms with E-state index in [1.807, 2.05) is 0 Å². The Morgan fingerprint density at radius 2 is 1.83 bits per heavy atom. The van der Waals surface area contributed by atoms with E-state index in [9.17, 15) is 29.9 Å². The summed E-state index contributed by atoms with van der Waals surface area (Å²) < 4.78 is 0. The summed E-state index contributed by atoms with van der Waals surface area (Å²) in [5, 5.41) is 30.2. The fraction of sp³-hybridized carbons (Fsp3) is 0.267. The van der Waals surface area contributed by atoms with Crippen LogP contribution in [0.5, 0.6) is 0 Å². The normalized spacial score (nSPS) is 20.9. The first-order chi connectivity index (χ1) is 10.8. The highest BCUT2D eigenvalue weighted by Crippen LogP contribution is 2.42. The van der Waals surface area contributed by atoms with Crippen molar-refractivity contribution in [3.8, 4) is 0 Å². The fourth-order valence-electron chi connectivity index (χ4n) is 2.89. The number of rotatable bonds is 4. The van der Waals surface area contributed by atoms with Crippen LogP contribution in [-0.4, -0.2) is 32.8 Å². The van der Waals surface area contributed by atoms with Crippen LogP contribution >= 0.6 is 0 Å². The third kappa shape index (κ3) is 2.83. The Balaban J connectivity index is 2.78. The van der Waals surface area contributed by atoms with Crippen LogP contribution in [0.15, 0.2) is 40.5 Å². The summed E-state index contributed by atoms with van der Waals surface area (Å²) in [7, 11) is 0. The first-order valence-electron chi connectivity index (χ1n) is 6.71. The molecule has 0 saturated carbocycles. The summed E-state index contributed by atoms with van der Waals surface area (Å²) in [4.78, 5) is 37.9. The van der Waals surface area contributed by atoms with Gasteiger partial charge in [0.05, 0.1) is 10.5 Å². The molecular weight excluding hydrogens is 304 g/mol. The van der Waals surface area contributed by atoms with Gasteiger partial charge in [0.1, 0.15) is 5.92 Å². The number of aliphatic carboxylic acids is 2. The predicted molar refractivity (Wildman–Crippen MR) is 80.4 cm³/mol. The van der Waals surface area contributed by atoms with Crippen molar-refractivity contribution in [3.05, 3.63) is 51.2 Å². The number of aliphatic imine (C=N–C) groups is 1. The molecule has 0 saturated heterocycles. The Morgan fingerprint density at radius 3 is 2.35 bits per heavy atom. The van der Waals surface area contributed by atoms with Crippen LogP contribution in [-0.2, 0) is 9.59 Å². The monoisotopic (exact) mass is 318 g/mol. The van der Waals surface area contributed by atoms with Crippen LogP contribution in [0, 0.1) is 16.0 Å². The van der Waals surface area contributed by atoms with E-state index in [1.54, 1.807) is 0 Å². The SMILES string of the molecule is CC1=NC(C)=C(C(=O)O)C(c2ccccc2[N+](=O)[O-])C1C(=O)O. The second kappa shape index (κ2) is 5.99. The molecule has 1 heterocycles. The van der Waals surface area contributed by atoms with Crippen molar-refractivity contribution in [2.45, 2.75) is 19.8 Å². The predicted octanol–water partition coefficient (Wildman–Crippen LogP) is 2.21. The average Bonchev–Trinajstić information content (AvgIpc) is 2.45. The molecule has 2 unspecified atom stereocenters. The van der Waals surface area contributed by atoms with Crippen LogP contribution in [0.3, 0.4) is 0 Å². The van der Waals surface area contributed by atoms with E-state index < -0.39 is 28.7 Å². The van der Waals surface area contributed by atoms with Crippen molar-refractivity contribution in [2.24, 2.45) is 10.9 Å². The fourth-order valence-corrected chi connectivity index (χ4v) is 2.89. The maximum atomic E-state index is 11.6. The zero-order valence-corrected chi connectivity index (χ0v) is 12.4. The van der Waals surface area contributed by atoms with E-state index in [1.165, 1.54) is 38.1 Å². The van der Waals surface area contributed by atoms with Crippen molar-refractivity contribution in [1.29, 1.82) is 0 Å². The number of benzene rings is 1. The van der Waals surface area contributed by atoms with E-state index in [0.717, 1.165) is 0 Å². The Morgan fingerprint density at radius 1 is 1.22 bits per heavy atom. The van der Waals surface area contributed by atoms with Gasteiger partial charge in [-0.05, 0) is 13.8 Å². The highest BCUT2D eigenvalue weighted by Gasteiger charge is 2.43. The second-order valence-corrected chi connectivity index (χ2v) is 5.17. The molecule has 0 fully saturated rings. The van der Waals surface area contributed by atoms with Gasteiger partial charge in [0, 0.05) is 29.0 Å². The van der Waals surface area contributed by atoms with Gasteiger partial charge in [0.25, 0.3) is 5.69 Å². The molecule has 2 N–H and O–H groups in total. The highest BCUT2D eigenvalue weighted by atomic mass is 16.6. The number of carboxylic acids is 2. The summed E-state index contributed by atoms with van der Waals surface area (Å²) in [5.74, 6) is -5.07. The highest BCUT2D eigenvalue weighted by molar-refractivity contribution is 6.06. The van der Waals surface area contributed by atoms with Crippen molar-refractivity contribution < 1.29 is 24.7 Å². The average molecular weight is 318 g/mol. The first kappa shape index (κ1) is 16.3. The minimum atomic E-state index is -1.34. The minimum absolute atomic E-state index is 0.0518. The molecule has 0 spiro atoms. The third-order valence-electron chi connectivity index (χ3n) is 3.79. The molecule has 0 bridgehead atoms. The van der Waals surface area contributed by atoms with E-state index in [0.29, 0.717) is 0 Å². The van der Waals surface area contributed by atoms with Gasteiger partial charge in [-0.15, -0.1) is 0 Å². The van der Waals surface area contributed by atoms with Crippen molar-refractivity contribution >= 4 is 23.3 Å². The molecule has 0 radical (unpaired) electrons. The zero-order valence-electron chi connectivity index (χ0n) is 12.4. The van der Waals surface area contributed by atoms with Crippen LogP contribution in [0.2, 0.25) is 0 Å². The van der Waals surface area contributed by atoms with Crippen molar-refractivity contribution in [2.75, 3.05) is 0 Å². The number of hydrogen-bond acceptors (Lipinski definition) is 5. The van der Waals surface area contributed by atoms with Crippen molar-refractivity contribution in [3.63, 3.8) is 0 Å². The molecule has 1 aliphatic rings. The third-order valence-corrected chi connectivity index (χ3v) is 3.79. The maximum Gasteiger partial charge on any atom is 0.334 e. The quantitative estimate of drug-likeness (QED) is 0.646. The Hall–Kier alpha value is -3.03. The van der Waals surface area contributed by atoms with E-state index in [2.05, 4.69) is 4.99 Å². The second-order valence-electron chi connectivity index (χ2n) is 5.17. The van der Waals surface area contributed by atoms with Gasteiger partial charge in [-0.3, -0.25) is 19.9 Å². The molecule has 1 aromatic carbocycles. The summed E-state index contributed by atoms with van der Waals surface area (Å²) in [6.07, 6.45) is 0. The first-order valence-corrected chi connectivity index (χ1v) is 6.71. The zero-order chi connectivity index (χ0) is 17.3. The van der Waals surface area contributed by atoms with Gasteiger partial charge in [-0.1, -0.05) is 18.2 Å². The molecule has 0 amide bonds. The maximum absolute atomic E-state index is 11.6. The van der Waals surface area contributed by atoms with Gasteiger partial charge in [0.2, 0.25) is 0 Å². The largest absolute Gasteiger partial charge is 0.481 e. The molecule has 8 nitrogen and oxygen atoms in total. The standard InChI is InChI=1S/C15H14N2O6/c1-7-11(14(18)19)13(12(15(20)21)8(2)16-7)9-5-3-4-6-10(9)17(22)23/h3-6,11,13H,1-2H3,(H,18,19)(H,20,21). The van der Waals surface area contributed by atoms with Gasteiger partial charge < -0.3 is 10.2 Å². The molecular formula is C15H14N2O6. The number of nitro benzene ring substituents is 1. The molecule has 0 aromatic heterocycles. The molecule has 8 heteroatoms. The van der Waals surface area contributed by atoms with Gasteiger partial charge >= 0.3 is 11.9 Å². The lowest BCUT2D eigenvalue weighted by Crippen LogP contribution is -2.35. The number of nitro groups is 1. The number of hydrogen-bond donors (Lipinski definition) is 2. The topological polar surface area (TPSA) is 130 Å². The summed E-state index contributed by atoms with van der Waals surface area (Å²) >= 11 is 0. The lowest BCUT2D eigenvalue weighted by atomic mass is 9.75. The summed E-state index contributed by atoms with van der Waals surface area (Å²) in [6, 6.07) is 5.56. The van der Waals surface area contributed by atoms with E-state index >= 15 is 0 Å². The Labute approximate surface area is 130 Å². The molecule has 2 atom stereocenters. The molecule has 0 aliphatic carbocycles. The van der Waals surface area contributed by atoms with Crippen LogP contribution in [0.1, 0.15) is 25.3 Å². The molecule has 2 rings (SSSR count). The van der Waals surface area contributed by atoms with Crippen LogP contribution < -0.4 is 0 Å². The lowest BCUT2D eigenvalue weighted by molar-refractivity contribution is -0.385. The van der Waals surface area contributed by atoms with Crippen LogP contribution in [0.25, 0.3) is 0 Å². The van der Waals surface area contributed by atoms with Crippen LogP contribution in [0.4, 0.5) is 5.69 Å². The lowest BCUT2D eigenvalue weighted by Gasteiger charge is -2.29. The summed E-state index contributed by atoms with van der Waals surface area (Å²) in [5.41, 5.74) is -0.142. The number of allylic oxidation sites excluding steroid dienone is 1. The van der Waals surface area contributed by atoms with Gasteiger partial charge in [0.15, 0.2) is 0 Å². The minimum Gasteiger partial charge on any atom is -0.481 e. The molecule has 23 heavy (non-hydrogen) atoms. The van der Waals surface area contributed by atoms with Gasteiger partial charge in [-0.25, -0.2) is 4.79 Å². The molecule has 1 aliphatic heterocycles. The van der Waals surface area contributed by atoms with Crippen molar-refractivity contribution in [1.82, 2.24) is 0 Å².